The van der Waals surface area contributed by atoms with Gasteiger partial charge in [-0.2, -0.15) is 4.31 Å². The van der Waals surface area contributed by atoms with Crippen LogP contribution in [0.25, 0.3) is 0 Å². The molecule has 3 rings (SSSR count). The molecule has 1 aromatic carbocycles. The van der Waals surface area contributed by atoms with Crippen molar-refractivity contribution in [2.75, 3.05) is 24.5 Å². The monoisotopic (exact) mass is 406 g/mol. The predicted molar refractivity (Wildman–Crippen MR) is 110 cm³/mol. The van der Waals surface area contributed by atoms with Crippen molar-refractivity contribution in [1.82, 2.24) is 4.31 Å². The van der Waals surface area contributed by atoms with E-state index in [9.17, 15) is 13.2 Å². The highest BCUT2D eigenvalue weighted by Gasteiger charge is 2.28. The number of anilines is 1. The van der Waals surface area contributed by atoms with Gasteiger partial charge in [-0.15, -0.1) is 11.3 Å². The standard InChI is InChI=1S/C20H26N2O3S2/c1-5-21(6-2)27(24,25)17-9-10-18-16(13-17)8-7-11-22(18)20(23)19-12-14(3)15(4)26-19/h9-10,12-13H,5-8,11H2,1-4H3. The van der Waals surface area contributed by atoms with Crippen LogP contribution in [-0.2, 0) is 16.4 Å². The summed E-state index contributed by atoms with van der Waals surface area (Å²) < 4.78 is 27.1. The molecule has 0 fully saturated rings. The Kier molecular flexibility index (Phi) is 5.74. The third kappa shape index (κ3) is 3.68. The van der Waals surface area contributed by atoms with Crippen LogP contribution < -0.4 is 4.90 Å². The van der Waals surface area contributed by atoms with Gasteiger partial charge in [-0.25, -0.2) is 8.42 Å². The summed E-state index contributed by atoms with van der Waals surface area (Å²) >= 11 is 1.51. The van der Waals surface area contributed by atoms with Crippen molar-refractivity contribution in [2.24, 2.45) is 0 Å². The molecule has 1 aliphatic rings. The highest BCUT2D eigenvalue weighted by Crippen LogP contribution is 2.33. The van der Waals surface area contributed by atoms with E-state index in [1.54, 1.807) is 23.1 Å². The van der Waals surface area contributed by atoms with E-state index in [-0.39, 0.29) is 5.91 Å². The minimum absolute atomic E-state index is 0.00324. The molecule has 0 atom stereocenters. The fourth-order valence-electron chi connectivity index (χ4n) is 3.47. The molecule has 2 aromatic rings. The highest BCUT2D eigenvalue weighted by molar-refractivity contribution is 7.89. The summed E-state index contributed by atoms with van der Waals surface area (Å²) in [5.41, 5.74) is 2.88. The fourth-order valence-corrected chi connectivity index (χ4v) is 5.96. The first kappa shape index (κ1) is 20.0. The number of benzene rings is 1. The lowest BCUT2D eigenvalue weighted by Gasteiger charge is -2.30. The molecule has 0 bridgehead atoms. The Balaban J connectivity index is 1.97. The van der Waals surface area contributed by atoms with Crippen molar-refractivity contribution >= 4 is 33.0 Å². The number of amides is 1. The van der Waals surface area contributed by atoms with Gasteiger partial charge < -0.3 is 4.90 Å². The molecule has 27 heavy (non-hydrogen) atoms. The molecule has 1 amide bonds. The van der Waals surface area contributed by atoms with Crippen LogP contribution in [0.5, 0.6) is 0 Å². The van der Waals surface area contributed by atoms with Crippen LogP contribution in [-0.4, -0.2) is 38.3 Å². The van der Waals surface area contributed by atoms with Crippen molar-refractivity contribution in [3.05, 3.63) is 45.1 Å². The second kappa shape index (κ2) is 7.73. The van der Waals surface area contributed by atoms with Crippen molar-refractivity contribution in [3.8, 4) is 0 Å². The second-order valence-corrected chi connectivity index (χ2v) is 9.98. The number of nitrogens with zero attached hydrogens (tertiary/aromatic N) is 2. The van der Waals surface area contributed by atoms with Gasteiger partial charge in [0.05, 0.1) is 9.77 Å². The summed E-state index contributed by atoms with van der Waals surface area (Å²) in [6.45, 7) is 9.25. The molecule has 1 aliphatic heterocycles. The molecule has 0 saturated heterocycles. The minimum atomic E-state index is -3.49. The van der Waals surface area contributed by atoms with Crippen molar-refractivity contribution in [1.29, 1.82) is 0 Å². The van der Waals surface area contributed by atoms with Gasteiger partial charge in [0.15, 0.2) is 0 Å². The number of hydrogen-bond acceptors (Lipinski definition) is 4. The zero-order valence-corrected chi connectivity index (χ0v) is 17.9. The maximum Gasteiger partial charge on any atom is 0.268 e. The van der Waals surface area contributed by atoms with Crippen LogP contribution in [0.2, 0.25) is 0 Å². The third-order valence-corrected chi connectivity index (χ3v) is 8.32. The Hall–Kier alpha value is -1.70. The number of sulfonamides is 1. The minimum Gasteiger partial charge on any atom is -0.307 e. The molecule has 1 aromatic heterocycles. The normalized spacial score (nSPS) is 14.5. The molecule has 0 spiro atoms. The molecule has 0 radical (unpaired) electrons. The molecule has 0 saturated carbocycles. The van der Waals surface area contributed by atoms with Crippen LogP contribution in [0.1, 0.15) is 45.9 Å². The summed E-state index contributed by atoms with van der Waals surface area (Å²) in [5.74, 6) is -0.00324. The quantitative estimate of drug-likeness (QED) is 0.754. The third-order valence-electron chi connectivity index (χ3n) is 5.13. The number of rotatable bonds is 5. The average Bonchev–Trinajstić information content (AvgIpc) is 2.99. The Morgan fingerprint density at radius 2 is 1.89 bits per heavy atom. The zero-order chi connectivity index (χ0) is 19.8. The lowest BCUT2D eigenvalue weighted by molar-refractivity contribution is 0.0989. The van der Waals surface area contributed by atoms with Gasteiger partial charge >= 0.3 is 0 Å². The van der Waals surface area contributed by atoms with Gasteiger partial charge in [0.1, 0.15) is 0 Å². The van der Waals surface area contributed by atoms with E-state index < -0.39 is 10.0 Å². The molecule has 146 valence electrons. The molecular formula is C20H26N2O3S2. The van der Waals surface area contributed by atoms with E-state index in [2.05, 4.69) is 0 Å². The smallest absolute Gasteiger partial charge is 0.268 e. The first-order chi connectivity index (χ1) is 12.8. The van der Waals surface area contributed by atoms with E-state index >= 15 is 0 Å². The first-order valence-electron chi connectivity index (χ1n) is 9.31. The second-order valence-electron chi connectivity index (χ2n) is 6.79. The van der Waals surface area contributed by atoms with Crippen molar-refractivity contribution in [2.45, 2.75) is 45.4 Å². The summed E-state index contributed by atoms with van der Waals surface area (Å²) in [6, 6.07) is 7.10. The summed E-state index contributed by atoms with van der Waals surface area (Å²) in [7, 11) is -3.49. The molecule has 0 aliphatic carbocycles. The number of fused-ring (bicyclic) bond motifs is 1. The maximum absolute atomic E-state index is 13.0. The van der Waals surface area contributed by atoms with Gasteiger partial charge in [-0.05, 0) is 62.1 Å². The average molecular weight is 407 g/mol. The largest absolute Gasteiger partial charge is 0.307 e. The van der Waals surface area contributed by atoms with Crippen LogP contribution in [0, 0.1) is 13.8 Å². The highest BCUT2D eigenvalue weighted by atomic mass is 32.2. The molecule has 0 N–H and O–H groups in total. The van der Waals surface area contributed by atoms with Gasteiger partial charge in [0.2, 0.25) is 10.0 Å². The van der Waals surface area contributed by atoms with E-state index in [1.165, 1.54) is 15.6 Å². The van der Waals surface area contributed by atoms with Gasteiger partial charge in [0.25, 0.3) is 5.91 Å². The van der Waals surface area contributed by atoms with Gasteiger partial charge in [0, 0.05) is 30.2 Å². The molecule has 0 unspecified atom stereocenters. The summed E-state index contributed by atoms with van der Waals surface area (Å²) in [4.78, 5) is 17.0. The number of carbonyl (C=O) groups is 1. The SMILES string of the molecule is CCN(CC)S(=O)(=O)c1ccc2c(c1)CCCN2C(=O)c1cc(C)c(C)s1. The van der Waals surface area contributed by atoms with E-state index in [1.807, 2.05) is 33.8 Å². The fraction of sp³-hybridized carbons (Fsp3) is 0.450. The molecular weight excluding hydrogens is 380 g/mol. The number of hydrogen-bond donors (Lipinski definition) is 0. The molecule has 5 nitrogen and oxygen atoms in total. The first-order valence-corrected chi connectivity index (χ1v) is 11.6. The predicted octanol–water partition coefficient (Wildman–Crippen LogP) is 3.99. The van der Waals surface area contributed by atoms with Crippen molar-refractivity contribution < 1.29 is 13.2 Å². The van der Waals surface area contributed by atoms with Crippen molar-refractivity contribution in [3.63, 3.8) is 0 Å². The Morgan fingerprint density at radius 3 is 2.48 bits per heavy atom. The molecule has 2 heterocycles. The van der Waals surface area contributed by atoms with E-state index in [0.717, 1.165) is 39.4 Å². The summed E-state index contributed by atoms with van der Waals surface area (Å²) in [5, 5.41) is 0. The van der Waals surface area contributed by atoms with Crippen LogP contribution in [0.15, 0.2) is 29.2 Å². The maximum atomic E-state index is 13.0. The van der Waals surface area contributed by atoms with E-state index in [0.29, 0.717) is 24.5 Å². The van der Waals surface area contributed by atoms with Gasteiger partial charge in [-0.1, -0.05) is 13.8 Å². The lowest BCUT2D eigenvalue weighted by Crippen LogP contribution is -2.35. The van der Waals surface area contributed by atoms with Crippen LogP contribution >= 0.6 is 11.3 Å². The lowest BCUT2D eigenvalue weighted by atomic mass is 10.0. The topological polar surface area (TPSA) is 57.7 Å². The number of carbonyl (C=O) groups excluding carboxylic acids is 1. The van der Waals surface area contributed by atoms with Gasteiger partial charge in [-0.3, -0.25) is 4.79 Å². The Bertz CT molecular complexity index is 940. The van der Waals surface area contributed by atoms with Crippen LogP contribution in [0.4, 0.5) is 5.69 Å². The van der Waals surface area contributed by atoms with E-state index in [4.69, 9.17) is 0 Å². The zero-order valence-electron chi connectivity index (χ0n) is 16.3. The number of thiophene rings is 1. The molecule has 7 heteroatoms. The Morgan fingerprint density at radius 1 is 1.19 bits per heavy atom. The number of aryl methyl sites for hydroxylation is 3. The summed E-state index contributed by atoms with van der Waals surface area (Å²) in [6.07, 6.45) is 1.61. The Labute approximate surface area is 165 Å². The van der Waals surface area contributed by atoms with Crippen LogP contribution in [0.3, 0.4) is 0 Å².